The Kier molecular flexibility index (Phi) is 12.3. The fraction of sp³-hybridized carbons (Fsp3) is 0.788. The average Bonchev–Trinajstić information content (AvgIpc) is 3.02. The van der Waals surface area contributed by atoms with Crippen molar-refractivity contribution in [3.63, 3.8) is 0 Å². The van der Waals surface area contributed by atoms with E-state index >= 15 is 0 Å². The summed E-state index contributed by atoms with van der Waals surface area (Å²) < 4.78 is 38.2. The number of aliphatic carboxylic acids is 1. The summed E-state index contributed by atoms with van der Waals surface area (Å²) >= 11 is 0. The summed E-state index contributed by atoms with van der Waals surface area (Å²) in [4.78, 5) is 50.5. The number of hydrogen-bond acceptors (Lipinski definition) is 8. The molecule has 1 aromatic rings. The number of carbonyl (C=O) groups is 3. The zero-order valence-corrected chi connectivity index (χ0v) is 28.0. The van der Waals surface area contributed by atoms with E-state index in [1.807, 2.05) is 18.7 Å². The quantitative estimate of drug-likeness (QED) is 0.380. The van der Waals surface area contributed by atoms with E-state index < -0.39 is 12.1 Å². The summed E-state index contributed by atoms with van der Waals surface area (Å²) in [6, 6.07) is 0.461. The molecule has 1 aromatic heterocycles. The van der Waals surface area contributed by atoms with Gasteiger partial charge in [-0.2, -0.15) is 13.2 Å². The lowest BCUT2D eigenvalue weighted by Gasteiger charge is -2.52. The fourth-order valence-electron chi connectivity index (χ4n) is 7.89. The summed E-state index contributed by atoms with van der Waals surface area (Å²) in [5.74, 6) is -1.47. The first-order valence-electron chi connectivity index (χ1n) is 17.2. The fourth-order valence-corrected chi connectivity index (χ4v) is 7.89. The maximum Gasteiger partial charge on any atom is 0.490 e. The maximum absolute atomic E-state index is 13.3. The standard InChI is InChI=1S/C31H50N6O3.C2HF3O2/c1-4-5-11-25-21-37(20-24-9-7-6-8-10-24)30(39)40-31(25)14-18-35(19-15-31)26-12-16-36(17-13-26)28(38)27-22(2)33-29(32)34-23(27)3;3-2(4,5)1(6)7/h24-26H,4-21H2,1-3H3,(H2,32,33,34);(H,6,7). The van der Waals surface area contributed by atoms with E-state index in [4.69, 9.17) is 20.4 Å². The number of amides is 2. The van der Waals surface area contributed by atoms with Gasteiger partial charge in [0.2, 0.25) is 5.95 Å². The largest absolute Gasteiger partial charge is 0.490 e. The Balaban J connectivity index is 0.000000644. The van der Waals surface area contributed by atoms with Crippen LogP contribution in [0.15, 0.2) is 0 Å². The van der Waals surface area contributed by atoms with Crippen LogP contribution in [-0.4, -0.2) is 105 Å². The van der Waals surface area contributed by atoms with Crippen molar-refractivity contribution in [1.82, 2.24) is 24.7 Å². The van der Waals surface area contributed by atoms with Crippen LogP contribution in [0.1, 0.15) is 106 Å². The number of hydrogen-bond donors (Lipinski definition) is 2. The number of unbranched alkanes of at least 4 members (excludes halogenated alkanes) is 1. The van der Waals surface area contributed by atoms with Crippen molar-refractivity contribution in [1.29, 1.82) is 0 Å². The van der Waals surface area contributed by atoms with Gasteiger partial charge in [0.1, 0.15) is 5.60 Å². The van der Waals surface area contributed by atoms with Gasteiger partial charge < -0.3 is 25.4 Å². The molecule has 1 saturated carbocycles. The van der Waals surface area contributed by atoms with Gasteiger partial charge in [-0.1, -0.05) is 39.0 Å². The molecule has 11 nitrogen and oxygen atoms in total. The molecule has 3 saturated heterocycles. The highest BCUT2D eigenvalue weighted by molar-refractivity contribution is 5.96. The molecule has 264 valence electrons. The smallest absolute Gasteiger partial charge is 0.475 e. The van der Waals surface area contributed by atoms with Gasteiger partial charge in [0, 0.05) is 64.1 Å². The van der Waals surface area contributed by atoms with E-state index in [2.05, 4.69) is 26.7 Å². The van der Waals surface area contributed by atoms with Gasteiger partial charge in [0.05, 0.1) is 17.0 Å². The third-order valence-electron chi connectivity index (χ3n) is 10.5. The average molecular weight is 669 g/mol. The number of halogens is 3. The van der Waals surface area contributed by atoms with E-state index in [-0.39, 0.29) is 23.5 Å². The number of likely N-dealkylation sites (tertiary alicyclic amines) is 2. The van der Waals surface area contributed by atoms with Crippen LogP contribution < -0.4 is 5.73 Å². The van der Waals surface area contributed by atoms with Crippen molar-refractivity contribution < 1.29 is 37.4 Å². The van der Waals surface area contributed by atoms with E-state index in [1.165, 1.54) is 44.9 Å². The minimum atomic E-state index is -5.08. The van der Waals surface area contributed by atoms with E-state index in [0.29, 0.717) is 34.8 Å². The first-order chi connectivity index (χ1) is 22.2. The molecule has 0 bridgehead atoms. The topological polar surface area (TPSA) is 142 Å². The Labute approximate surface area is 275 Å². The van der Waals surface area contributed by atoms with Crippen LogP contribution in [0.3, 0.4) is 0 Å². The number of alkyl halides is 3. The van der Waals surface area contributed by atoms with Crippen LogP contribution in [0.4, 0.5) is 23.9 Å². The molecular weight excluding hydrogens is 617 g/mol. The number of aryl methyl sites for hydroxylation is 2. The zero-order chi connectivity index (χ0) is 34.4. The number of aromatic nitrogens is 2. The highest BCUT2D eigenvalue weighted by Gasteiger charge is 2.50. The Morgan fingerprint density at radius 2 is 1.57 bits per heavy atom. The summed E-state index contributed by atoms with van der Waals surface area (Å²) in [5, 5.41) is 7.12. The molecular formula is C33H51F3N6O5. The van der Waals surface area contributed by atoms with Crippen LogP contribution in [0.2, 0.25) is 0 Å². The van der Waals surface area contributed by atoms with Crippen molar-refractivity contribution in [2.45, 2.75) is 116 Å². The Morgan fingerprint density at radius 3 is 2.11 bits per heavy atom. The predicted molar refractivity (Wildman–Crippen MR) is 170 cm³/mol. The van der Waals surface area contributed by atoms with Crippen molar-refractivity contribution >= 4 is 23.9 Å². The number of nitrogens with two attached hydrogens (primary N) is 1. The molecule has 4 aliphatic rings. The molecule has 2 amide bonds. The SMILES string of the molecule is CCCCC1CN(CC2CCCCC2)C(=O)OC12CCN(C1CCN(C(=O)c3c(C)nc(N)nc3C)CC1)CC2.O=C(O)C(F)(F)F. The van der Waals surface area contributed by atoms with Gasteiger partial charge in [0.25, 0.3) is 5.91 Å². The second-order valence-electron chi connectivity index (χ2n) is 13.7. The van der Waals surface area contributed by atoms with Gasteiger partial charge >= 0.3 is 18.2 Å². The van der Waals surface area contributed by atoms with Gasteiger partial charge in [-0.05, 0) is 51.9 Å². The second-order valence-corrected chi connectivity index (χ2v) is 13.7. The molecule has 3 N–H and O–H groups in total. The van der Waals surface area contributed by atoms with Crippen LogP contribution in [-0.2, 0) is 9.53 Å². The summed E-state index contributed by atoms with van der Waals surface area (Å²) in [6.07, 6.45) is 8.55. The predicted octanol–water partition coefficient (Wildman–Crippen LogP) is 5.59. The number of carboxylic acid groups (broad SMARTS) is 1. The van der Waals surface area contributed by atoms with Crippen molar-refractivity contribution in [3.05, 3.63) is 17.0 Å². The van der Waals surface area contributed by atoms with E-state index in [1.54, 1.807) is 0 Å². The third-order valence-corrected chi connectivity index (χ3v) is 10.5. The second kappa shape index (κ2) is 15.8. The van der Waals surface area contributed by atoms with Crippen molar-refractivity contribution in [2.24, 2.45) is 11.8 Å². The molecule has 3 aliphatic heterocycles. The molecule has 1 unspecified atom stereocenters. The molecule has 0 aromatic carbocycles. The number of anilines is 1. The molecule has 1 aliphatic carbocycles. The highest BCUT2D eigenvalue weighted by Crippen LogP contribution is 2.42. The monoisotopic (exact) mass is 668 g/mol. The summed E-state index contributed by atoms with van der Waals surface area (Å²) in [7, 11) is 0. The molecule has 0 radical (unpaired) electrons. The van der Waals surface area contributed by atoms with Crippen LogP contribution in [0.5, 0.6) is 0 Å². The highest BCUT2D eigenvalue weighted by atomic mass is 19.4. The third kappa shape index (κ3) is 9.26. The molecule has 5 rings (SSSR count). The van der Waals surface area contributed by atoms with Gasteiger partial charge in [-0.15, -0.1) is 0 Å². The van der Waals surface area contributed by atoms with Crippen molar-refractivity contribution in [3.8, 4) is 0 Å². The van der Waals surface area contributed by atoms with Gasteiger partial charge in [0.15, 0.2) is 0 Å². The Bertz CT molecular complexity index is 1220. The maximum atomic E-state index is 13.3. The minimum absolute atomic E-state index is 0.0108. The van der Waals surface area contributed by atoms with Gasteiger partial charge in [-0.3, -0.25) is 9.69 Å². The number of carbonyl (C=O) groups excluding carboxylic acids is 2. The number of nitrogens with zero attached hydrogens (tertiary/aromatic N) is 5. The number of ether oxygens (including phenoxy) is 1. The van der Waals surface area contributed by atoms with Crippen LogP contribution in [0.25, 0.3) is 0 Å². The molecule has 1 spiro atoms. The molecule has 1 atom stereocenters. The first kappa shape index (κ1) is 36.7. The normalized spacial score (nSPS) is 22.9. The lowest BCUT2D eigenvalue weighted by Crippen LogP contribution is -2.61. The molecule has 4 fully saturated rings. The molecule has 14 heteroatoms. The first-order valence-corrected chi connectivity index (χ1v) is 17.2. The summed E-state index contributed by atoms with van der Waals surface area (Å²) in [5.41, 5.74) is 7.33. The zero-order valence-electron chi connectivity index (χ0n) is 28.0. The van der Waals surface area contributed by atoms with E-state index in [9.17, 15) is 22.8 Å². The minimum Gasteiger partial charge on any atom is -0.475 e. The number of rotatable bonds is 7. The van der Waals surface area contributed by atoms with Gasteiger partial charge in [-0.25, -0.2) is 19.6 Å². The molecule has 4 heterocycles. The summed E-state index contributed by atoms with van der Waals surface area (Å²) in [6.45, 7) is 11.0. The van der Waals surface area contributed by atoms with Crippen molar-refractivity contribution in [2.75, 3.05) is 45.0 Å². The lowest BCUT2D eigenvalue weighted by molar-refractivity contribution is -0.192. The Hall–Kier alpha value is -3.16. The molecule has 47 heavy (non-hydrogen) atoms. The Morgan fingerprint density at radius 1 is 1.00 bits per heavy atom. The number of carboxylic acids is 1. The number of piperidine rings is 2. The van der Waals surface area contributed by atoms with Crippen LogP contribution in [0, 0.1) is 25.7 Å². The van der Waals surface area contributed by atoms with E-state index in [0.717, 1.165) is 71.4 Å². The van der Waals surface area contributed by atoms with Crippen LogP contribution >= 0.6 is 0 Å². The lowest BCUT2D eigenvalue weighted by atomic mass is 9.75. The number of nitrogen functional groups attached to an aromatic ring is 1.